The van der Waals surface area contributed by atoms with E-state index in [4.69, 9.17) is 0 Å². The molecule has 0 aromatic rings. The molecule has 0 aromatic carbocycles. The normalized spacial score (nSPS) is 27.2. The molecule has 1 fully saturated rings. The fraction of sp³-hybridized carbons (Fsp3) is 0.790. The number of amides is 11. The second-order valence-electron chi connectivity index (χ2n) is 25.8. The lowest BCUT2D eigenvalue weighted by Crippen LogP contribution is -2.63. The van der Waals surface area contributed by atoms with Crippen molar-refractivity contribution in [2.45, 2.75) is 223 Å². The van der Waals surface area contributed by atoms with E-state index in [2.05, 4.69) is 21.3 Å². The van der Waals surface area contributed by atoms with Gasteiger partial charge in [0.25, 0.3) is 0 Å². The number of carbonyl (C=O) groups excluding carboxylic acids is 11. The molecule has 5 N–H and O–H groups in total. The summed E-state index contributed by atoms with van der Waals surface area (Å²) in [7, 11) is 9.92. The highest BCUT2D eigenvalue weighted by molar-refractivity contribution is 5.99. The summed E-state index contributed by atoms with van der Waals surface area (Å²) in [5.74, 6) is -10.0. The van der Waals surface area contributed by atoms with Gasteiger partial charge in [0.2, 0.25) is 65.0 Å². The van der Waals surface area contributed by atoms with Crippen LogP contribution in [0.25, 0.3) is 0 Å². The molecule has 1 heterocycles. The molecule has 1 aliphatic rings. The molecule has 23 nitrogen and oxygen atoms in total. The minimum absolute atomic E-state index is 0.0224. The predicted molar refractivity (Wildman–Crippen MR) is 328 cm³/mol. The maximum atomic E-state index is 15.1. The molecule has 0 aromatic heterocycles. The van der Waals surface area contributed by atoms with Crippen LogP contribution < -0.4 is 21.3 Å². The monoisotopic (exact) mass is 1200 g/mol. The largest absolute Gasteiger partial charge is 0.390 e. The summed E-state index contributed by atoms with van der Waals surface area (Å²) >= 11 is 0. The molecule has 0 spiro atoms. The van der Waals surface area contributed by atoms with E-state index in [0.29, 0.717) is 12.8 Å². The molecule has 0 saturated carbocycles. The summed E-state index contributed by atoms with van der Waals surface area (Å²) < 4.78 is 0. The highest BCUT2D eigenvalue weighted by Crippen LogP contribution is 2.26. The minimum Gasteiger partial charge on any atom is -0.390 e. The summed E-state index contributed by atoms with van der Waals surface area (Å²) in [4.78, 5) is 169. The van der Waals surface area contributed by atoms with E-state index < -0.39 is 162 Å². The number of likely N-dealkylation sites (N-methyl/N-ethyl adjacent to an activating group) is 7. The van der Waals surface area contributed by atoms with Crippen molar-refractivity contribution >= 4 is 65.0 Å². The van der Waals surface area contributed by atoms with Crippen LogP contribution in [0.2, 0.25) is 0 Å². The Hall–Kier alpha value is -6.13. The van der Waals surface area contributed by atoms with Crippen molar-refractivity contribution in [3.63, 3.8) is 0 Å². The first-order chi connectivity index (χ1) is 39.3. The molecule has 486 valence electrons. The first kappa shape index (κ1) is 76.9. The third kappa shape index (κ3) is 21.1. The average molecular weight is 1200 g/mol. The zero-order chi connectivity index (χ0) is 66.0. The lowest BCUT2D eigenvalue weighted by molar-refractivity contribution is -0.157. The lowest BCUT2D eigenvalue weighted by atomic mass is 9.91. The summed E-state index contributed by atoms with van der Waals surface area (Å²) in [6, 6.07) is -12.3. The van der Waals surface area contributed by atoms with Gasteiger partial charge in [-0.2, -0.15) is 0 Å². The van der Waals surface area contributed by atoms with E-state index in [1.807, 2.05) is 54.5 Å². The number of hydrogen-bond donors (Lipinski definition) is 5. The van der Waals surface area contributed by atoms with Gasteiger partial charge < -0.3 is 60.7 Å². The molecule has 0 aliphatic carbocycles. The van der Waals surface area contributed by atoms with Crippen LogP contribution in [-0.2, 0) is 52.7 Å². The molecule has 0 bridgehead atoms. The first-order valence-corrected chi connectivity index (χ1v) is 30.6. The molecule has 85 heavy (non-hydrogen) atoms. The summed E-state index contributed by atoms with van der Waals surface area (Å²) in [5.41, 5.74) is 0. The van der Waals surface area contributed by atoms with E-state index in [1.54, 1.807) is 61.5 Å². The molecule has 23 heteroatoms. The number of hydrogen-bond acceptors (Lipinski definition) is 12. The minimum atomic E-state index is -1.61. The Morgan fingerprint density at radius 3 is 1.39 bits per heavy atom. The summed E-state index contributed by atoms with van der Waals surface area (Å²) in [6.45, 7) is 29.2. The van der Waals surface area contributed by atoms with E-state index in [1.165, 1.54) is 87.7 Å². The fourth-order valence-electron chi connectivity index (χ4n) is 10.8. The third-order valence-electron chi connectivity index (χ3n) is 16.5. The molecule has 1 rings (SSSR count). The first-order valence-electron chi connectivity index (χ1n) is 30.6. The maximum absolute atomic E-state index is 15.1. The van der Waals surface area contributed by atoms with Gasteiger partial charge in [-0.15, -0.1) is 0 Å². The van der Waals surface area contributed by atoms with Crippen LogP contribution in [0.5, 0.6) is 0 Å². The molecular weight excluding hydrogens is 1090 g/mol. The maximum Gasteiger partial charge on any atom is 0.246 e. The van der Waals surface area contributed by atoms with Crippen LogP contribution in [0.1, 0.15) is 156 Å². The van der Waals surface area contributed by atoms with Gasteiger partial charge >= 0.3 is 0 Å². The van der Waals surface area contributed by atoms with Crippen LogP contribution in [0.15, 0.2) is 12.2 Å². The Kier molecular flexibility index (Phi) is 31.5. The van der Waals surface area contributed by atoms with E-state index in [9.17, 15) is 48.3 Å². The van der Waals surface area contributed by atoms with Gasteiger partial charge in [0.05, 0.1) is 12.6 Å². The van der Waals surface area contributed by atoms with Crippen LogP contribution in [0, 0.1) is 41.4 Å². The van der Waals surface area contributed by atoms with Gasteiger partial charge in [0, 0.05) is 49.3 Å². The number of allylic oxidation sites excluding steroid dienone is 2. The number of aliphatic hydroxyl groups is 1. The van der Waals surface area contributed by atoms with Crippen LogP contribution in [-0.4, -0.2) is 227 Å². The van der Waals surface area contributed by atoms with Crippen molar-refractivity contribution in [3.05, 3.63) is 12.2 Å². The number of carbonyl (C=O) groups is 11. The quantitative estimate of drug-likeness (QED) is 0.148. The number of rotatable bonds is 15. The van der Waals surface area contributed by atoms with E-state index in [-0.39, 0.29) is 43.4 Å². The molecular formula is C62H111N11O12. The number of nitrogens with zero attached hydrogens (tertiary/aromatic N) is 7. The Morgan fingerprint density at radius 2 is 0.929 bits per heavy atom. The third-order valence-corrected chi connectivity index (χ3v) is 16.5. The van der Waals surface area contributed by atoms with Gasteiger partial charge in [-0.05, 0) is 94.3 Å². The smallest absolute Gasteiger partial charge is 0.246 e. The molecule has 13 unspecified atom stereocenters. The zero-order valence-corrected chi connectivity index (χ0v) is 56.1. The van der Waals surface area contributed by atoms with Crippen molar-refractivity contribution in [3.8, 4) is 0 Å². The Labute approximate surface area is 508 Å². The van der Waals surface area contributed by atoms with Crippen LogP contribution in [0.4, 0.5) is 0 Å². The second kappa shape index (κ2) is 34.9. The van der Waals surface area contributed by atoms with Crippen LogP contribution >= 0.6 is 0 Å². The zero-order valence-electron chi connectivity index (χ0n) is 56.1. The van der Waals surface area contributed by atoms with Crippen molar-refractivity contribution < 1.29 is 57.8 Å². The lowest BCUT2D eigenvalue weighted by Gasteiger charge is -2.41. The van der Waals surface area contributed by atoms with E-state index >= 15 is 9.59 Å². The fourth-order valence-corrected chi connectivity index (χ4v) is 10.8. The van der Waals surface area contributed by atoms with Gasteiger partial charge in [-0.25, -0.2) is 0 Å². The van der Waals surface area contributed by atoms with Crippen molar-refractivity contribution in [2.75, 3.05) is 55.9 Å². The van der Waals surface area contributed by atoms with Crippen molar-refractivity contribution in [1.29, 1.82) is 0 Å². The summed E-state index contributed by atoms with van der Waals surface area (Å²) in [5, 5.41) is 23.1. The molecule has 1 saturated heterocycles. The molecule has 1 aliphatic heterocycles. The van der Waals surface area contributed by atoms with Gasteiger partial charge in [-0.3, -0.25) is 52.7 Å². The number of aliphatic hydroxyl groups excluding tert-OH is 1. The Morgan fingerprint density at radius 1 is 0.482 bits per heavy atom. The molecule has 0 radical (unpaired) electrons. The number of nitrogens with one attached hydrogen (secondary N) is 4. The molecule has 11 amide bonds. The Balaban J connectivity index is 4.33. The predicted octanol–water partition coefficient (Wildman–Crippen LogP) is 3.27. The second-order valence-corrected chi connectivity index (χ2v) is 25.8. The van der Waals surface area contributed by atoms with Crippen molar-refractivity contribution in [2.24, 2.45) is 41.4 Å². The highest BCUT2D eigenvalue weighted by atomic mass is 16.3. The average Bonchev–Trinajstić information content (AvgIpc) is 3.49. The van der Waals surface area contributed by atoms with Crippen LogP contribution in [0.3, 0.4) is 0 Å². The highest BCUT2D eigenvalue weighted by Gasteiger charge is 2.46. The van der Waals surface area contributed by atoms with Gasteiger partial charge in [0.1, 0.15) is 60.4 Å². The molecule has 13 atom stereocenters. The van der Waals surface area contributed by atoms with Gasteiger partial charge in [0.15, 0.2) is 0 Å². The van der Waals surface area contributed by atoms with Crippen molar-refractivity contribution in [1.82, 2.24) is 55.6 Å². The van der Waals surface area contributed by atoms with Gasteiger partial charge in [-0.1, -0.05) is 116 Å². The SMILES string of the molecule is CC=CCC(C)C(O)C1C(=O)NC(CC)C(=O)N(C)CC(=O)N(C)C(C(C)CC)C(=O)NC(C(C)C)C(=O)N(C)C(CC(C)C)C(=O)NC(C)C(=O)NC(C)C(=O)N(C)C(CC(C)C)C(=O)N(C)C(CC(C)C)C(=O)N(C)C(C(C)C)C(=O)N1C. The summed E-state index contributed by atoms with van der Waals surface area (Å²) in [6.07, 6.45) is 3.31. The Bertz CT molecular complexity index is 2330. The topological polar surface area (TPSA) is 279 Å². The van der Waals surface area contributed by atoms with E-state index in [0.717, 1.165) is 9.80 Å². The standard InChI is InChI=1S/C62H111N11O12/c1-25-28-29-40(15)52(75)51-56(79)65-43(27-3)58(81)67(18)33-47(74)71(22)50(39(14)26-2)55(78)66-48(37(10)11)61(84)68(19)44(30-34(4)5)54(77)63-41(16)53(76)64-42(17)57(80)69(20)45(31-35(6)7)59(82)70(21)46(32-36(8)9)60(83)72(23)49(38(12)13)62(85)73(51)24/h25,28,34-46,48-52,75H,26-27,29-33H2,1-24H3,(H,63,77)(H,64,76)(H,65,79)(H,66,78).